The molecular weight excluding hydrogens is 162 g/mol. The van der Waals surface area contributed by atoms with Crippen molar-refractivity contribution in [3.05, 3.63) is 18.5 Å². The molecular formula is C8H10F2N2. The largest absolute Gasteiger partial charge is 0.270 e. The molecule has 1 aliphatic carbocycles. The van der Waals surface area contributed by atoms with Gasteiger partial charge in [0, 0.05) is 18.3 Å². The SMILES string of the molecule is FC(F)(Cn1cccn1)C1CC1. The molecule has 1 heterocycles. The van der Waals surface area contributed by atoms with Crippen LogP contribution < -0.4 is 0 Å². The van der Waals surface area contributed by atoms with E-state index in [0.717, 1.165) is 0 Å². The summed E-state index contributed by atoms with van der Waals surface area (Å²) in [7, 11) is 0. The molecule has 12 heavy (non-hydrogen) atoms. The second kappa shape index (κ2) is 2.54. The van der Waals surface area contributed by atoms with E-state index < -0.39 is 11.8 Å². The van der Waals surface area contributed by atoms with Gasteiger partial charge in [-0.25, -0.2) is 8.78 Å². The number of hydrogen-bond donors (Lipinski definition) is 0. The molecule has 1 aliphatic rings. The van der Waals surface area contributed by atoms with E-state index in [1.165, 1.54) is 10.9 Å². The number of rotatable bonds is 3. The molecule has 0 atom stereocenters. The predicted molar refractivity (Wildman–Crippen MR) is 39.9 cm³/mol. The first-order chi connectivity index (χ1) is 5.68. The van der Waals surface area contributed by atoms with Gasteiger partial charge in [0.25, 0.3) is 5.92 Å². The minimum absolute atomic E-state index is 0.273. The van der Waals surface area contributed by atoms with Gasteiger partial charge >= 0.3 is 0 Å². The van der Waals surface area contributed by atoms with Crippen LogP contribution in [0, 0.1) is 5.92 Å². The summed E-state index contributed by atoms with van der Waals surface area (Å²) in [5.74, 6) is -2.96. The first kappa shape index (κ1) is 7.71. The number of halogens is 2. The molecule has 0 amide bonds. The lowest BCUT2D eigenvalue weighted by atomic mass is 10.2. The normalized spacial score (nSPS) is 18.2. The fourth-order valence-corrected chi connectivity index (χ4v) is 1.24. The van der Waals surface area contributed by atoms with Gasteiger partial charge in [-0.1, -0.05) is 0 Å². The Kier molecular flexibility index (Phi) is 1.63. The molecule has 2 rings (SSSR count). The highest BCUT2D eigenvalue weighted by Crippen LogP contribution is 2.43. The predicted octanol–water partition coefficient (Wildman–Crippen LogP) is 1.93. The highest BCUT2D eigenvalue weighted by Gasteiger charge is 2.46. The zero-order chi connectivity index (χ0) is 8.60. The van der Waals surface area contributed by atoms with Gasteiger partial charge in [0.15, 0.2) is 0 Å². The third-order valence-electron chi connectivity index (χ3n) is 2.11. The van der Waals surface area contributed by atoms with E-state index in [4.69, 9.17) is 0 Å². The van der Waals surface area contributed by atoms with Crippen LogP contribution in [0.25, 0.3) is 0 Å². The molecule has 0 saturated heterocycles. The average Bonchev–Trinajstić information content (AvgIpc) is 2.74. The summed E-state index contributed by atoms with van der Waals surface area (Å²) < 4.78 is 27.5. The maximum absolute atomic E-state index is 13.1. The minimum Gasteiger partial charge on any atom is -0.267 e. The summed E-state index contributed by atoms with van der Waals surface area (Å²) in [4.78, 5) is 0. The molecule has 4 heteroatoms. The molecule has 0 spiro atoms. The first-order valence-electron chi connectivity index (χ1n) is 4.04. The molecule has 0 radical (unpaired) electrons. The highest BCUT2D eigenvalue weighted by atomic mass is 19.3. The Balaban J connectivity index is 2.01. The number of aromatic nitrogens is 2. The molecule has 0 unspecified atom stereocenters. The Labute approximate surface area is 69.2 Å². The molecule has 0 aromatic carbocycles. The summed E-state index contributed by atoms with van der Waals surface area (Å²) in [5, 5.41) is 3.75. The van der Waals surface area contributed by atoms with Crippen molar-refractivity contribution in [2.24, 2.45) is 5.92 Å². The van der Waals surface area contributed by atoms with Crippen molar-refractivity contribution in [2.75, 3.05) is 0 Å². The van der Waals surface area contributed by atoms with E-state index >= 15 is 0 Å². The van der Waals surface area contributed by atoms with Gasteiger partial charge in [0.2, 0.25) is 0 Å². The fourth-order valence-electron chi connectivity index (χ4n) is 1.24. The summed E-state index contributed by atoms with van der Waals surface area (Å²) in [6.07, 6.45) is 4.40. The van der Waals surface area contributed by atoms with E-state index in [-0.39, 0.29) is 6.54 Å². The monoisotopic (exact) mass is 172 g/mol. The maximum Gasteiger partial charge on any atom is 0.270 e. The lowest BCUT2D eigenvalue weighted by molar-refractivity contribution is -0.0414. The molecule has 66 valence electrons. The van der Waals surface area contributed by atoms with Crippen molar-refractivity contribution in [3.63, 3.8) is 0 Å². The average molecular weight is 172 g/mol. The van der Waals surface area contributed by atoms with Crippen molar-refractivity contribution < 1.29 is 8.78 Å². The Bertz CT molecular complexity index is 252. The zero-order valence-corrected chi connectivity index (χ0v) is 6.58. The Morgan fingerprint density at radius 2 is 2.25 bits per heavy atom. The summed E-state index contributed by atoms with van der Waals surface area (Å²) >= 11 is 0. The number of hydrogen-bond acceptors (Lipinski definition) is 1. The van der Waals surface area contributed by atoms with E-state index in [2.05, 4.69) is 5.10 Å². The molecule has 1 aromatic heterocycles. The molecule has 0 aliphatic heterocycles. The van der Waals surface area contributed by atoms with E-state index in [9.17, 15) is 8.78 Å². The molecule has 1 saturated carbocycles. The minimum atomic E-state index is -2.56. The molecule has 2 nitrogen and oxygen atoms in total. The number of nitrogens with zero attached hydrogens (tertiary/aromatic N) is 2. The quantitative estimate of drug-likeness (QED) is 0.681. The van der Waals surface area contributed by atoms with Crippen LogP contribution in [0.3, 0.4) is 0 Å². The van der Waals surface area contributed by atoms with Crippen LogP contribution in [-0.4, -0.2) is 15.7 Å². The second-order valence-electron chi connectivity index (χ2n) is 3.24. The molecule has 1 fully saturated rings. The fraction of sp³-hybridized carbons (Fsp3) is 0.625. The third-order valence-corrected chi connectivity index (χ3v) is 2.11. The topological polar surface area (TPSA) is 17.8 Å². The molecule has 0 N–H and O–H groups in total. The lowest BCUT2D eigenvalue weighted by Gasteiger charge is -2.14. The van der Waals surface area contributed by atoms with Gasteiger partial charge in [-0.15, -0.1) is 0 Å². The van der Waals surface area contributed by atoms with E-state index in [0.29, 0.717) is 12.8 Å². The standard InChI is InChI=1S/C8H10F2N2/c9-8(10,7-2-3-7)6-12-5-1-4-11-12/h1,4-5,7H,2-3,6H2. The lowest BCUT2D eigenvalue weighted by Crippen LogP contribution is -2.26. The van der Waals surface area contributed by atoms with E-state index in [1.54, 1.807) is 12.3 Å². The first-order valence-corrected chi connectivity index (χ1v) is 4.04. The van der Waals surface area contributed by atoms with E-state index in [1.807, 2.05) is 0 Å². The van der Waals surface area contributed by atoms with Gasteiger partial charge in [-0.05, 0) is 18.9 Å². The van der Waals surface area contributed by atoms with Crippen LogP contribution in [0.1, 0.15) is 12.8 Å². The summed E-state index contributed by atoms with van der Waals surface area (Å²) in [5.41, 5.74) is 0. The van der Waals surface area contributed by atoms with Crippen LogP contribution in [0.4, 0.5) is 8.78 Å². The van der Waals surface area contributed by atoms with Crippen molar-refractivity contribution >= 4 is 0 Å². The Hall–Kier alpha value is -0.930. The van der Waals surface area contributed by atoms with Crippen LogP contribution in [-0.2, 0) is 6.54 Å². The second-order valence-corrected chi connectivity index (χ2v) is 3.24. The van der Waals surface area contributed by atoms with Crippen molar-refractivity contribution in [2.45, 2.75) is 25.3 Å². The van der Waals surface area contributed by atoms with Gasteiger partial charge in [0.05, 0.1) is 0 Å². The smallest absolute Gasteiger partial charge is 0.267 e. The van der Waals surface area contributed by atoms with Gasteiger partial charge in [-0.2, -0.15) is 5.10 Å². The Morgan fingerprint density at radius 1 is 1.50 bits per heavy atom. The van der Waals surface area contributed by atoms with Gasteiger partial charge in [0.1, 0.15) is 6.54 Å². The van der Waals surface area contributed by atoms with Crippen molar-refractivity contribution in [3.8, 4) is 0 Å². The van der Waals surface area contributed by atoms with Gasteiger partial charge in [-0.3, -0.25) is 4.68 Å². The van der Waals surface area contributed by atoms with Crippen molar-refractivity contribution in [1.29, 1.82) is 0 Å². The summed E-state index contributed by atoms with van der Waals surface area (Å²) in [6.45, 7) is -0.273. The molecule has 0 bridgehead atoms. The Morgan fingerprint density at radius 3 is 2.75 bits per heavy atom. The summed E-state index contributed by atoms with van der Waals surface area (Å²) in [6, 6.07) is 1.66. The van der Waals surface area contributed by atoms with Crippen LogP contribution in [0.15, 0.2) is 18.5 Å². The highest BCUT2D eigenvalue weighted by molar-refractivity contribution is 4.89. The van der Waals surface area contributed by atoms with Crippen LogP contribution in [0.2, 0.25) is 0 Å². The maximum atomic E-state index is 13.1. The van der Waals surface area contributed by atoms with Crippen LogP contribution in [0.5, 0.6) is 0 Å². The van der Waals surface area contributed by atoms with Crippen LogP contribution >= 0.6 is 0 Å². The zero-order valence-electron chi connectivity index (χ0n) is 6.58. The van der Waals surface area contributed by atoms with Crippen molar-refractivity contribution in [1.82, 2.24) is 9.78 Å². The van der Waals surface area contributed by atoms with Gasteiger partial charge < -0.3 is 0 Å². The molecule has 1 aromatic rings. The third kappa shape index (κ3) is 1.47. The number of alkyl halides is 2.